The molecule has 4 rings (SSSR count). The number of anilines is 2. The fourth-order valence-electron chi connectivity index (χ4n) is 2.97. The average Bonchev–Trinajstić information content (AvgIpc) is 3.02. The van der Waals surface area contributed by atoms with Crippen molar-refractivity contribution in [2.75, 3.05) is 10.5 Å². The van der Waals surface area contributed by atoms with E-state index < -0.39 is 15.8 Å². The van der Waals surface area contributed by atoms with Gasteiger partial charge in [-0.1, -0.05) is 12.1 Å². The zero-order valence-corrected chi connectivity index (χ0v) is 15.5. The zero-order valence-electron chi connectivity index (χ0n) is 14.7. The van der Waals surface area contributed by atoms with Gasteiger partial charge in [0.05, 0.1) is 11.1 Å². The normalized spacial score (nSPS) is 11.6. The van der Waals surface area contributed by atoms with Crippen molar-refractivity contribution in [2.24, 2.45) is 7.05 Å². The predicted molar refractivity (Wildman–Crippen MR) is 103 cm³/mol. The third-order valence-electron chi connectivity index (χ3n) is 4.26. The number of nitrogens with one attached hydrogen (secondary N) is 1. The molecule has 0 fully saturated rings. The van der Waals surface area contributed by atoms with E-state index in [1.165, 1.54) is 36.9 Å². The number of benzene rings is 1. The topological polar surface area (TPSA) is 116 Å². The number of nitrogens with zero attached hydrogens (tertiary/aromatic N) is 4. The standard InChI is InChI=1S/C18H15FN6O2S/c1-25-9-13(15-17(20)22-10-23-18(15)25)12-5-2-6-14(16(12)19)24-28(26,27)11-4-3-7-21-8-11/h2-10,24H,1H3,(H2,20,22,23). The Morgan fingerprint density at radius 3 is 2.71 bits per heavy atom. The number of aromatic nitrogens is 4. The van der Waals surface area contributed by atoms with Crippen molar-refractivity contribution in [1.29, 1.82) is 0 Å². The summed E-state index contributed by atoms with van der Waals surface area (Å²) in [6, 6.07) is 7.30. The Kier molecular flexibility index (Phi) is 4.19. The van der Waals surface area contributed by atoms with Crippen LogP contribution < -0.4 is 10.5 Å². The summed E-state index contributed by atoms with van der Waals surface area (Å²) in [4.78, 5) is 11.9. The number of rotatable bonds is 4. The average molecular weight is 398 g/mol. The first kappa shape index (κ1) is 17.9. The Bertz CT molecular complexity index is 1290. The molecular formula is C18H15FN6O2S. The van der Waals surface area contributed by atoms with Gasteiger partial charge in [0.2, 0.25) is 0 Å². The summed E-state index contributed by atoms with van der Waals surface area (Å²) in [6.45, 7) is 0. The molecule has 0 aliphatic heterocycles. The highest BCUT2D eigenvalue weighted by atomic mass is 32.2. The molecule has 0 saturated carbocycles. The quantitative estimate of drug-likeness (QED) is 0.546. The molecule has 0 atom stereocenters. The molecule has 28 heavy (non-hydrogen) atoms. The summed E-state index contributed by atoms with van der Waals surface area (Å²) in [5.41, 5.74) is 6.97. The van der Waals surface area contributed by atoms with Crippen LogP contribution in [0.15, 0.2) is 60.1 Å². The summed E-state index contributed by atoms with van der Waals surface area (Å²) < 4.78 is 44.2. The predicted octanol–water partition coefficient (Wildman–Crippen LogP) is 2.55. The highest BCUT2D eigenvalue weighted by molar-refractivity contribution is 7.92. The third kappa shape index (κ3) is 2.93. The van der Waals surface area contributed by atoms with E-state index in [1.54, 1.807) is 29.9 Å². The molecule has 0 unspecified atom stereocenters. The number of sulfonamides is 1. The van der Waals surface area contributed by atoms with Gasteiger partial charge in [-0.2, -0.15) is 0 Å². The first-order valence-electron chi connectivity index (χ1n) is 8.15. The van der Waals surface area contributed by atoms with E-state index >= 15 is 4.39 Å². The summed E-state index contributed by atoms with van der Waals surface area (Å²) in [5, 5.41) is 0.496. The highest BCUT2D eigenvalue weighted by Crippen LogP contribution is 2.36. The smallest absolute Gasteiger partial charge is 0.263 e. The fourth-order valence-corrected chi connectivity index (χ4v) is 3.99. The third-order valence-corrected chi connectivity index (χ3v) is 5.61. The molecule has 1 aromatic carbocycles. The van der Waals surface area contributed by atoms with Gasteiger partial charge in [0, 0.05) is 36.8 Å². The van der Waals surface area contributed by atoms with Crippen LogP contribution in [-0.4, -0.2) is 27.9 Å². The van der Waals surface area contributed by atoms with Gasteiger partial charge in [0.15, 0.2) is 5.82 Å². The highest BCUT2D eigenvalue weighted by Gasteiger charge is 2.21. The van der Waals surface area contributed by atoms with Crippen LogP contribution in [0.3, 0.4) is 0 Å². The van der Waals surface area contributed by atoms with Gasteiger partial charge in [0.25, 0.3) is 10.0 Å². The SMILES string of the molecule is Cn1cc(-c2cccc(NS(=O)(=O)c3cccnc3)c2F)c2c(N)ncnc21. The lowest BCUT2D eigenvalue weighted by molar-refractivity contribution is 0.598. The van der Waals surface area contributed by atoms with Gasteiger partial charge < -0.3 is 10.3 Å². The lowest BCUT2D eigenvalue weighted by atomic mass is 10.0. The lowest BCUT2D eigenvalue weighted by Gasteiger charge is -2.11. The van der Waals surface area contributed by atoms with Crippen molar-refractivity contribution in [3.05, 3.63) is 61.1 Å². The van der Waals surface area contributed by atoms with Gasteiger partial charge in [-0.25, -0.2) is 22.8 Å². The Labute approximate surface area is 159 Å². The van der Waals surface area contributed by atoms with Crippen LogP contribution in [0, 0.1) is 5.82 Å². The number of nitrogens with two attached hydrogens (primary N) is 1. The maximum absolute atomic E-state index is 15.2. The number of nitrogen functional groups attached to an aromatic ring is 1. The van der Waals surface area contributed by atoms with Crippen LogP contribution in [-0.2, 0) is 17.1 Å². The number of hydrogen-bond donors (Lipinski definition) is 2. The van der Waals surface area contributed by atoms with Gasteiger partial charge in [-0.15, -0.1) is 0 Å². The van der Waals surface area contributed by atoms with Crippen molar-refractivity contribution in [1.82, 2.24) is 19.5 Å². The van der Waals surface area contributed by atoms with Crippen LogP contribution in [0.25, 0.3) is 22.2 Å². The fraction of sp³-hybridized carbons (Fsp3) is 0.0556. The zero-order chi connectivity index (χ0) is 19.9. The number of halogens is 1. The minimum atomic E-state index is -3.99. The Hall–Kier alpha value is -3.53. The van der Waals surface area contributed by atoms with Crippen LogP contribution >= 0.6 is 0 Å². The van der Waals surface area contributed by atoms with Crippen LogP contribution in [0.2, 0.25) is 0 Å². The molecule has 142 valence electrons. The van der Waals surface area contributed by atoms with Crippen molar-refractivity contribution >= 4 is 32.6 Å². The Morgan fingerprint density at radius 2 is 1.96 bits per heavy atom. The molecule has 0 radical (unpaired) electrons. The van der Waals surface area contributed by atoms with E-state index in [0.717, 1.165) is 0 Å². The minimum absolute atomic E-state index is 0.0670. The number of aryl methyl sites for hydroxylation is 1. The first-order chi connectivity index (χ1) is 13.4. The molecule has 0 amide bonds. The van der Waals surface area contributed by atoms with Crippen molar-refractivity contribution in [2.45, 2.75) is 4.90 Å². The second-order valence-electron chi connectivity index (χ2n) is 6.07. The van der Waals surface area contributed by atoms with Crippen LogP contribution in [0.4, 0.5) is 15.9 Å². The largest absolute Gasteiger partial charge is 0.383 e. The van der Waals surface area contributed by atoms with E-state index in [-0.39, 0.29) is 22.0 Å². The Morgan fingerprint density at radius 1 is 1.14 bits per heavy atom. The van der Waals surface area contributed by atoms with Gasteiger partial charge in [0.1, 0.15) is 22.7 Å². The maximum Gasteiger partial charge on any atom is 0.263 e. The second kappa shape index (κ2) is 6.57. The van der Waals surface area contributed by atoms with Gasteiger partial charge >= 0.3 is 0 Å². The van der Waals surface area contributed by atoms with E-state index in [1.807, 2.05) is 0 Å². The molecule has 8 nitrogen and oxygen atoms in total. The molecule has 0 aliphatic carbocycles. The Balaban J connectivity index is 1.83. The van der Waals surface area contributed by atoms with E-state index in [0.29, 0.717) is 16.6 Å². The van der Waals surface area contributed by atoms with Crippen LogP contribution in [0.5, 0.6) is 0 Å². The monoisotopic (exact) mass is 398 g/mol. The summed E-state index contributed by atoms with van der Waals surface area (Å²) in [6.07, 6.45) is 5.64. The summed E-state index contributed by atoms with van der Waals surface area (Å²) in [5.74, 6) is -0.521. The van der Waals surface area contributed by atoms with Gasteiger partial charge in [-0.05, 0) is 18.2 Å². The minimum Gasteiger partial charge on any atom is -0.383 e. The van der Waals surface area contributed by atoms with Crippen molar-refractivity contribution in [3.8, 4) is 11.1 Å². The number of fused-ring (bicyclic) bond motifs is 1. The van der Waals surface area contributed by atoms with Gasteiger partial charge in [-0.3, -0.25) is 9.71 Å². The summed E-state index contributed by atoms with van der Waals surface area (Å²) >= 11 is 0. The molecule has 0 spiro atoms. The molecule has 10 heteroatoms. The molecule has 3 heterocycles. The maximum atomic E-state index is 15.2. The number of hydrogen-bond acceptors (Lipinski definition) is 6. The van der Waals surface area contributed by atoms with E-state index in [4.69, 9.17) is 5.73 Å². The number of pyridine rings is 1. The molecular weight excluding hydrogens is 383 g/mol. The molecule has 3 aromatic heterocycles. The lowest BCUT2D eigenvalue weighted by Crippen LogP contribution is -2.14. The second-order valence-corrected chi connectivity index (χ2v) is 7.75. The van der Waals surface area contributed by atoms with Crippen LogP contribution in [0.1, 0.15) is 0 Å². The first-order valence-corrected chi connectivity index (χ1v) is 9.64. The molecule has 0 saturated heterocycles. The molecule has 3 N–H and O–H groups in total. The molecule has 0 bridgehead atoms. The van der Waals surface area contributed by atoms with Crippen molar-refractivity contribution in [3.63, 3.8) is 0 Å². The van der Waals surface area contributed by atoms with Crippen molar-refractivity contribution < 1.29 is 12.8 Å². The van der Waals surface area contributed by atoms with E-state index in [9.17, 15) is 8.42 Å². The molecule has 4 aromatic rings. The molecule has 0 aliphatic rings. The summed E-state index contributed by atoms with van der Waals surface area (Å²) in [7, 11) is -2.23. The van der Waals surface area contributed by atoms with E-state index in [2.05, 4.69) is 19.7 Å².